The van der Waals surface area contributed by atoms with Gasteiger partial charge in [-0.1, -0.05) is 13.0 Å². The van der Waals surface area contributed by atoms with Crippen molar-refractivity contribution in [1.82, 2.24) is 4.98 Å². The van der Waals surface area contributed by atoms with Crippen LogP contribution in [0.3, 0.4) is 0 Å². The number of carbonyl (C=O) groups excluding carboxylic acids is 2. The maximum absolute atomic E-state index is 8.12. The Balaban J connectivity index is 0.000000612. The maximum Gasteiger partial charge on any atom is 0.496 e. The molecule has 0 aromatic carbocycles. The molecule has 1 fully saturated rings. The molecule has 2 rings (SSSR count). The highest BCUT2D eigenvalue weighted by atomic mass is 16.7. The van der Waals surface area contributed by atoms with E-state index in [-0.39, 0.29) is 24.5 Å². The van der Waals surface area contributed by atoms with Gasteiger partial charge < -0.3 is 9.31 Å². The summed E-state index contributed by atoms with van der Waals surface area (Å²) in [5, 5.41) is 0. The molecule has 1 aromatic heterocycles. The Bertz CT molecular complexity index is 462. The molecule has 20 heavy (non-hydrogen) atoms. The first kappa shape index (κ1) is 16.6. The fourth-order valence-corrected chi connectivity index (χ4v) is 1.76. The zero-order valence-electron chi connectivity index (χ0n) is 12.6. The van der Waals surface area contributed by atoms with Crippen molar-refractivity contribution in [1.29, 1.82) is 0 Å². The van der Waals surface area contributed by atoms with Crippen LogP contribution in [0.1, 0.15) is 40.3 Å². The molecule has 0 N–H and O–H groups in total. The van der Waals surface area contributed by atoms with Crippen LogP contribution in [-0.2, 0) is 25.3 Å². The van der Waals surface area contributed by atoms with Gasteiger partial charge in [-0.15, -0.1) is 0 Å². The van der Waals surface area contributed by atoms with E-state index >= 15 is 0 Å². The van der Waals surface area contributed by atoms with E-state index in [1.807, 2.05) is 18.3 Å². The van der Waals surface area contributed by atoms with Crippen molar-refractivity contribution in [2.45, 2.75) is 52.2 Å². The molecule has 1 saturated heterocycles. The average Bonchev–Trinajstić information content (AvgIpc) is 2.60. The number of aromatic nitrogens is 1. The molecule has 0 aliphatic carbocycles. The zero-order chi connectivity index (χ0) is 15.4. The van der Waals surface area contributed by atoms with Crippen LogP contribution >= 0.6 is 0 Å². The van der Waals surface area contributed by atoms with Gasteiger partial charge in [0, 0.05) is 17.4 Å². The van der Waals surface area contributed by atoms with Crippen molar-refractivity contribution >= 4 is 18.7 Å². The zero-order valence-corrected chi connectivity index (χ0v) is 12.6. The monoisotopic (exact) mass is 277 g/mol. The van der Waals surface area contributed by atoms with Crippen LogP contribution in [0.2, 0.25) is 0 Å². The van der Waals surface area contributed by atoms with Gasteiger partial charge in [0.15, 0.2) is 0 Å². The third-order valence-corrected chi connectivity index (χ3v) is 3.74. The van der Waals surface area contributed by atoms with Gasteiger partial charge in [-0.2, -0.15) is 9.59 Å². The largest absolute Gasteiger partial charge is 0.496 e. The van der Waals surface area contributed by atoms with E-state index in [1.165, 1.54) is 0 Å². The summed E-state index contributed by atoms with van der Waals surface area (Å²) in [5.41, 5.74) is 1.49. The van der Waals surface area contributed by atoms with Crippen LogP contribution in [0.25, 0.3) is 0 Å². The fraction of sp³-hybridized carbons (Fsp3) is 0.571. The molecule has 0 bridgehead atoms. The van der Waals surface area contributed by atoms with Crippen molar-refractivity contribution < 1.29 is 18.9 Å². The Morgan fingerprint density at radius 2 is 1.65 bits per heavy atom. The second-order valence-electron chi connectivity index (χ2n) is 5.61. The number of nitrogens with zero attached hydrogens (tertiary/aromatic N) is 1. The second kappa shape index (κ2) is 6.31. The first-order valence-electron chi connectivity index (χ1n) is 6.57. The number of hydrogen-bond donors (Lipinski definition) is 0. The SMILES string of the molecule is CCc1ccc(B2OC(C)(C)C(C)(C)O2)cn1.O=C=O. The first-order valence-corrected chi connectivity index (χ1v) is 6.57. The molecule has 5 nitrogen and oxygen atoms in total. The molecule has 1 aliphatic heterocycles. The van der Waals surface area contributed by atoms with Crippen LogP contribution in [0.4, 0.5) is 0 Å². The van der Waals surface area contributed by atoms with Crippen LogP contribution in [0.5, 0.6) is 0 Å². The topological polar surface area (TPSA) is 65.5 Å². The van der Waals surface area contributed by atoms with Gasteiger partial charge in [0.25, 0.3) is 0 Å². The predicted molar refractivity (Wildman–Crippen MR) is 74.3 cm³/mol. The standard InChI is InChI=1S/C13H20BNO2.CO2/c1-6-11-8-7-10(9-15-11)14-16-12(2,3)13(4,5)17-14;2-1-3/h7-9H,6H2,1-5H3;. The van der Waals surface area contributed by atoms with Gasteiger partial charge >= 0.3 is 13.3 Å². The Morgan fingerprint density at radius 3 is 2.00 bits per heavy atom. The Kier molecular flexibility index (Phi) is 5.23. The minimum Gasteiger partial charge on any atom is -0.399 e. The quantitative estimate of drug-likeness (QED) is 0.764. The molecule has 108 valence electrons. The molecule has 0 atom stereocenters. The van der Waals surface area contributed by atoms with E-state index in [2.05, 4.69) is 39.6 Å². The van der Waals surface area contributed by atoms with Gasteiger partial charge in [0.1, 0.15) is 0 Å². The molecule has 0 amide bonds. The highest BCUT2D eigenvalue weighted by molar-refractivity contribution is 6.62. The molecule has 1 aliphatic rings. The molecule has 1 aromatic rings. The van der Waals surface area contributed by atoms with Crippen LogP contribution in [-0.4, -0.2) is 29.5 Å². The molecular formula is C14H20BNO4. The molecular weight excluding hydrogens is 257 g/mol. The average molecular weight is 277 g/mol. The highest BCUT2D eigenvalue weighted by Crippen LogP contribution is 2.36. The smallest absolute Gasteiger partial charge is 0.399 e. The Hall–Kier alpha value is -1.49. The third kappa shape index (κ3) is 3.54. The normalized spacial score (nSPS) is 18.9. The minimum atomic E-state index is -0.307. The first-order chi connectivity index (χ1) is 9.27. The van der Waals surface area contributed by atoms with Gasteiger partial charge in [0.05, 0.1) is 11.2 Å². The van der Waals surface area contributed by atoms with E-state index in [0.717, 1.165) is 17.6 Å². The van der Waals surface area contributed by atoms with E-state index in [1.54, 1.807) is 0 Å². The summed E-state index contributed by atoms with van der Waals surface area (Å²) in [6, 6.07) is 4.06. The number of hydrogen-bond acceptors (Lipinski definition) is 5. The number of aryl methyl sites for hydroxylation is 1. The lowest BCUT2D eigenvalue weighted by Gasteiger charge is -2.32. The Morgan fingerprint density at radius 1 is 1.15 bits per heavy atom. The Labute approximate surface area is 119 Å². The lowest BCUT2D eigenvalue weighted by molar-refractivity contribution is -0.191. The summed E-state index contributed by atoms with van der Waals surface area (Å²) >= 11 is 0. The number of rotatable bonds is 2. The molecule has 0 spiro atoms. The van der Waals surface area contributed by atoms with Crippen LogP contribution < -0.4 is 5.46 Å². The van der Waals surface area contributed by atoms with Gasteiger partial charge in [-0.3, -0.25) is 4.98 Å². The second-order valence-corrected chi connectivity index (χ2v) is 5.61. The summed E-state index contributed by atoms with van der Waals surface area (Å²) in [6.45, 7) is 10.3. The molecule has 0 radical (unpaired) electrons. The van der Waals surface area contributed by atoms with Crippen LogP contribution in [0.15, 0.2) is 18.3 Å². The van der Waals surface area contributed by atoms with E-state index in [4.69, 9.17) is 18.9 Å². The van der Waals surface area contributed by atoms with E-state index in [0.29, 0.717) is 0 Å². The van der Waals surface area contributed by atoms with Gasteiger partial charge in [-0.25, -0.2) is 0 Å². The lowest BCUT2D eigenvalue weighted by Crippen LogP contribution is -2.41. The maximum atomic E-state index is 8.12. The summed E-state index contributed by atoms with van der Waals surface area (Å²) in [4.78, 5) is 20.6. The molecule has 2 heterocycles. The van der Waals surface area contributed by atoms with E-state index in [9.17, 15) is 0 Å². The van der Waals surface area contributed by atoms with Crippen LogP contribution in [0, 0.1) is 0 Å². The lowest BCUT2D eigenvalue weighted by atomic mass is 9.80. The summed E-state index contributed by atoms with van der Waals surface area (Å²) in [5.74, 6) is 0. The third-order valence-electron chi connectivity index (χ3n) is 3.74. The summed E-state index contributed by atoms with van der Waals surface area (Å²) < 4.78 is 11.9. The van der Waals surface area contributed by atoms with Crippen molar-refractivity contribution in [3.05, 3.63) is 24.0 Å². The molecule has 6 heteroatoms. The summed E-state index contributed by atoms with van der Waals surface area (Å²) in [6.07, 6.45) is 3.05. The van der Waals surface area contributed by atoms with Crippen molar-refractivity contribution in [3.63, 3.8) is 0 Å². The van der Waals surface area contributed by atoms with Crippen molar-refractivity contribution in [2.75, 3.05) is 0 Å². The van der Waals surface area contributed by atoms with E-state index < -0.39 is 0 Å². The fourth-order valence-electron chi connectivity index (χ4n) is 1.76. The van der Waals surface area contributed by atoms with Crippen molar-refractivity contribution in [3.8, 4) is 0 Å². The van der Waals surface area contributed by atoms with Crippen molar-refractivity contribution in [2.24, 2.45) is 0 Å². The highest BCUT2D eigenvalue weighted by Gasteiger charge is 2.51. The van der Waals surface area contributed by atoms with Gasteiger partial charge in [0.2, 0.25) is 0 Å². The molecule has 0 unspecified atom stereocenters. The summed E-state index contributed by atoms with van der Waals surface area (Å²) in [7, 11) is -0.307. The molecule has 0 saturated carbocycles. The number of pyridine rings is 1. The minimum absolute atomic E-state index is 0.250. The van der Waals surface area contributed by atoms with Gasteiger partial charge in [-0.05, 0) is 40.2 Å². The predicted octanol–water partition coefficient (Wildman–Crippen LogP) is 1.36.